The molecule has 1 saturated carbocycles. The fourth-order valence-corrected chi connectivity index (χ4v) is 4.65. The van der Waals surface area contributed by atoms with Crippen molar-refractivity contribution in [3.63, 3.8) is 0 Å². The van der Waals surface area contributed by atoms with Gasteiger partial charge in [-0.25, -0.2) is 9.59 Å². The molecule has 1 aliphatic heterocycles. The number of carbonyl (C=O) groups excluding carboxylic acids is 2. The van der Waals surface area contributed by atoms with Crippen LogP contribution in [0.5, 0.6) is 0 Å². The Labute approximate surface area is 223 Å². The molecule has 0 radical (unpaired) electrons. The SMILES string of the molecule is CCCN1CCN(c2ccc(C(=O)NC3(C(=O)NCC#N)CCCCC3)cc2)CC1.O=C(O)/C=C\C(=O)O. The molecule has 2 amide bonds. The summed E-state index contributed by atoms with van der Waals surface area (Å²) in [6.45, 7) is 7.43. The van der Waals surface area contributed by atoms with Gasteiger partial charge in [0.15, 0.2) is 0 Å². The van der Waals surface area contributed by atoms with Crippen LogP contribution < -0.4 is 15.5 Å². The Morgan fingerprint density at radius 3 is 2.05 bits per heavy atom. The third-order valence-electron chi connectivity index (χ3n) is 6.60. The van der Waals surface area contributed by atoms with Crippen LogP contribution in [0.2, 0.25) is 0 Å². The average Bonchev–Trinajstić information content (AvgIpc) is 2.92. The number of hydrogen-bond acceptors (Lipinski definition) is 7. The smallest absolute Gasteiger partial charge is 0.328 e. The van der Waals surface area contributed by atoms with Gasteiger partial charge in [-0.05, 0) is 50.1 Å². The fourth-order valence-electron chi connectivity index (χ4n) is 4.65. The zero-order valence-electron chi connectivity index (χ0n) is 21.8. The Hall–Kier alpha value is -3.91. The number of carboxylic acid groups (broad SMARTS) is 2. The number of rotatable bonds is 9. The summed E-state index contributed by atoms with van der Waals surface area (Å²) in [5, 5.41) is 30.0. The van der Waals surface area contributed by atoms with Crippen molar-refractivity contribution in [3.8, 4) is 6.07 Å². The summed E-state index contributed by atoms with van der Waals surface area (Å²) in [4.78, 5) is 49.6. The first-order chi connectivity index (χ1) is 18.2. The highest BCUT2D eigenvalue weighted by atomic mass is 16.4. The minimum atomic E-state index is -1.26. The normalized spacial score (nSPS) is 17.0. The van der Waals surface area contributed by atoms with E-state index in [0.717, 1.165) is 57.7 Å². The van der Waals surface area contributed by atoms with Gasteiger partial charge >= 0.3 is 11.9 Å². The number of hydrogen-bond donors (Lipinski definition) is 4. The first-order valence-electron chi connectivity index (χ1n) is 12.9. The van der Waals surface area contributed by atoms with E-state index in [9.17, 15) is 19.2 Å². The summed E-state index contributed by atoms with van der Waals surface area (Å²) in [5.41, 5.74) is 0.767. The molecular formula is C27H37N5O6. The number of piperazine rings is 1. The van der Waals surface area contributed by atoms with Gasteiger partial charge in [0.1, 0.15) is 12.1 Å². The van der Waals surface area contributed by atoms with Crippen LogP contribution in [0.4, 0.5) is 5.69 Å². The monoisotopic (exact) mass is 527 g/mol. The lowest BCUT2D eigenvalue weighted by molar-refractivity contribution is -0.134. The quantitative estimate of drug-likeness (QED) is 0.278. The Bertz CT molecular complexity index is 1000. The minimum absolute atomic E-state index is 0.0450. The third kappa shape index (κ3) is 9.52. The molecule has 3 rings (SSSR count). The van der Waals surface area contributed by atoms with Gasteiger partial charge in [-0.3, -0.25) is 14.5 Å². The van der Waals surface area contributed by atoms with Gasteiger partial charge in [0.2, 0.25) is 5.91 Å². The Balaban J connectivity index is 0.000000550. The summed E-state index contributed by atoms with van der Waals surface area (Å²) >= 11 is 0. The number of carbonyl (C=O) groups is 4. The summed E-state index contributed by atoms with van der Waals surface area (Å²) < 4.78 is 0. The largest absolute Gasteiger partial charge is 0.478 e. The number of nitriles is 1. The summed E-state index contributed by atoms with van der Waals surface area (Å²) in [7, 11) is 0. The van der Waals surface area contributed by atoms with E-state index in [2.05, 4.69) is 27.4 Å². The van der Waals surface area contributed by atoms with Crippen molar-refractivity contribution in [1.29, 1.82) is 5.26 Å². The molecule has 0 bridgehead atoms. The van der Waals surface area contributed by atoms with Crippen LogP contribution in [0.1, 0.15) is 55.8 Å². The van der Waals surface area contributed by atoms with Crippen LogP contribution in [-0.2, 0) is 14.4 Å². The molecule has 0 aromatic heterocycles. The number of carboxylic acids is 2. The number of benzene rings is 1. The zero-order chi connectivity index (χ0) is 28.0. The molecule has 206 valence electrons. The first kappa shape index (κ1) is 30.3. The van der Waals surface area contributed by atoms with Crippen LogP contribution in [-0.4, -0.2) is 83.7 Å². The van der Waals surface area contributed by atoms with Gasteiger partial charge in [0.25, 0.3) is 5.91 Å². The van der Waals surface area contributed by atoms with E-state index in [1.54, 1.807) is 0 Å². The molecule has 0 unspecified atom stereocenters. The second kappa shape index (κ2) is 15.4. The molecule has 0 spiro atoms. The molecule has 2 aliphatic rings. The van der Waals surface area contributed by atoms with E-state index in [4.69, 9.17) is 15.5 Å². The molecule has 1 aromatic rings. The number of nitrogens with zero attached hydrogens (tertiary/aromatic N) is 3. The molecule has 11 nitrogen and oxygen atoms in total. The zero-order valence-corrected chi connectivity index (χ0v) is 21.8. The van der Waals surface area contributed by atoms with Crippen molar-refractivity contribution in [3.05, 3.63) is 42.0 Å². The maximum Gasteiger partial charge on any atom is 0.328 e. The van der Waals surface area contributed by atoms with Crippen LogP contribution in [0, 0.1) is 11.3 Å². The lowest BCUT2D eigenvalue weighted by Crippen LogP contribution is -2.59. The van der Waals surface area contributed by atoms with E-state index < -0.39 is 17.5 Å². The maximum absolute atomic E-state index is 12.9. The van der Waals surface area contributed by atoms with Gasteiger partial charge in [0.05, 0.1) is 6.07 Å². The van der Waals surface area contributed by atoms with Gasteiger partial charge in [-0.1, -0.05) is 26.2 Å². The number of nitrogens with one attached hydrogen (secondary N) is 2. The van der Waals surface area contributed by atoms with E-state index in [-0.39, 0.29) is 18.4 Å². The second-order valence-electron chi connectivity index (χ2n) is 9.32. The standard InChI is InChI=1S/C23H33N5O2.C4H4O4/c1-2-14-27-15-17-28(18-16-27)20-8-6-19(7-9-20)21(29)26-23(10-4-3-5-11-23)22(30)25-13-12-24;5-3(6)1-2-4(7)8/h6-9H,2-5,10-11,13-18H2,1H3,(H,25,30)(H,26,29);1-2H,(H,5,6)(H,7,8)/b;2-1-. The Morgan fingerprint density at radius 1 is 0.974 bits per heavy atom. The van der Waals surface area contributed by atoms with Crippen LogP contribution >= 0.6 is 0 Å². The van der Waals surface area contributed by atoms with E-state index >= 15 is 0 Å². The second-order valence-corrected chi connectivity index (χ2v) is 9.32. The van der Waals surface area contributed by atoms with Crippen molar-refractivity contribution in [2.75, 3.05) is 44.2 Å². The molecule has 1 saturated heterocycles. The fraction of sp³-hybridized carbons (Fsp3) is 0.519. The maximum atomic E-state index is 12.9. The van der Waals surface area contributed by atoms with E-state index in [0.29, 0.717) is 30.6 Å². The molecule has 1 aliphatic carbocycles. The predicted molar refractivity (Wildman–Crippen MR) is 142 cm³/mol. The molecule has 1 heterocycles. The van der Waals surface area contributed by atoms with Gasteiger partial charge in [0, 0.05) is 49.6 Å². The summed E-state index contributed by atoms with van der Waals surface area (Å²) in [6, 6.07) is 9.60. The van der Waals surface area contributed by atoms with Gasteiger partial charge in [-0.2, -0.15) is 5.26 Å². The average molecular weight is 528 g/mol. The van der Waals surface area contributed by atoms with Crippen molar-refractivity contribution in [2.24, 2.45) is 0 Å². The number of anilines is 1. The Morgan fingerprint density at radius 2 is 1.55 bits per heavy atom. The number of amides is 2. The van der Waals surface area contributed by atoms with E-state index in [1.807, 2.05) is 30.3 Å². The lowest BCUT2D eigenvalue weighted by Gasteiger charge is -2.37. The topological polar surface area (TPSA) is 163 Å². The molecule has 38 heavy (non-hydrogen) atoms. The van der Waals surface area contributed by atoms with Crippen LogP contribution in [0.3, 0.4) is 0 Å². The van der Waals surface area contributed by atoms with Crippen LogP contribution in [0.15, 0.2) is 36.4 Å². The molecule has 4 N–H and O–H groups in total. The Kier molecular flexibility index (Phi) is 12.3. The summed E-state index contributed by atoms with van der Waals surface area (Å²) in [5.74, 6) is -3.00. The number of aliphatic carboxylic acids is 2. The van der Waals surface area contributed by atoms with Crippen molar-refractivity contribution < 1.29 is 29.4 Å². The molecule has 11 heteroatoms. The van der Waals surface area contributed by atoms with Gasteiger partial charge in [-0.15, -0.1) is 0 Å². The highest BCUT2D eigenvalue weighted by molar-refractivity contribution is 5.99. The van der Waals surface area contributed by atoms with Crippen molar-refractivity contribution >= 4 is 29.4 Å². The first-order valence-corrected chi connectivity index (χ1v) is 12.9. The predicted octanol–water partition coefficient (Wildman–Crippen LogP) is 2.00. The highest BCUT2D eigenvalue weighted by Gasteiger charge is 2.40. The molecule has 1 aromatic carbocycles. The van der Waals surface area contributed by atoms with Crippen molar-refractivity contribution in [1.82, 2.24) is 15.5 Å². The lowest BCUT2D eigenvalue weighted by atomic mass is 9.80. The highest BCUT2D eigenvalue weighted by Crippen LogP contribution is 2.29. The molecule has 2 fully saturated rings. The minimum Gasteiger partial charge on any atom is -0.478 e. The van der Waals surface area contributed by atoms with Crippen LogP contribution in [0.25, 0.3) is 0 Å². The van der Waals surface area contributed by atoms with Gasteiger partial charge < -0.3 is 25.7 Å². The molecule has 0 atom stereocenters. The summed E-state index contributed by atoms with van der Waals surface area (Å²) in [6.07, 6.45) is 6.35. The van der Waals surface area contributed by atoms with Crippen molar-refractivity contribution in [2.45, 2.75) is 51.0 Å². The molecular weight excluding hydrogens is 490 g/mol. The van der Waals surface area contributed by atoms with E-state index in [1.165, 1.54) is 6.42 Å². The third-order valence-corrected chi connectivity index (χ3v) is 6.60.